The molecule has 0 aliphatic rings. The van der Waals surface area contributed by atoms with Crippen LogP contribution in [0.3, 0.4) is 0 Å². The number of rotatable bonds is 4. The first-order chi connectivity index (χ1) is 9.47. The maximum atomic E-state index is 11.4. The second-order valence-electron chi connectivity index (χ2n) is 4.09. The van der Waals surface area contributed by atoms with Crippen LogP contribution >= 0.6 is 34.8 Å². The number of anilines is 1. The Morgan fingerprint density at radius 1 is 1.00 bits per heavy atom. The van der Waals surface area contributed by atoms with Crippen LogP contribution in [0.15, 0.2) is 42.5 Å². The number of carbonyl (C=O) groups is 1. The Hall–Kier alpha value is -1.42. The van der Waals surface area contributed by atoms with Gasteiger partial charge in [-0.25, -0.2) is 4.79 Å². The summed E-state index contributed by atoms with van der Waals surface area (Å²) in [6.45, 7) is 0. The van der Waals surface area contributed by atoms with Gasteiger partial charge in [-0.2, -0.15) is 0 Å². The molecule has 0 bridgehead atoms. The van der Waals surface area contributed by atoms with Crippen molar-refractivity contribution >= 4 is 46.5 Å². The molecule has 2 N–H and O–H groups in total. The molecule has 104 valence electrons. The van der Waals surface area contributed by atoms with Gasteiger partial charge in [0.05, 0.1) is 0 Å². The van der Waals surface area contributed by atoms with Crippen LogP contribution in [0.2, 0.25) is 15.1 Å². The number of carboxylic acids is 1. The molecular weight excluding hydrogens is 321 g/mol. The molecule has 2 aromatic carbocycles. The Labute approximate surface area is 131 Å². The fraction of sp³-hybridized carbons (Fsp3) is 0.0714. The molecular formula is C14H10Cl3NO2. The van der Waals surface area contributed by atoms with E-state index in [-0.39, 0.29) is 0 Å². The van der Waals surface area contributed by atoms with E-state index in [1.807, 2.05) is 0 Å². The van der Waals surface area contributed by atoms with Crippen LogP contribution < -0.4 is 5.32 Å². The summed E-state index contributed by atoms with van der Waals surface area (Å²) in [5.74, 6) is -1.04. The summed E-state index contributed by atoms with van der Waals surface area (Å²) in [6.07, 6.45) is 0. The van der Waals surface area contributed by atoms with Gasteiger partial charge in [0.15, 0.2) is 6.04 Å². The number of halogens is 3. The SMILES string of the molecule is O=C(O)C(Nc1ccc(Cl)cc1)c1ccc(Cl)cc1Cl. The molecule has 3 nitrogen and oxygen atoms in total. The summed E-state index contributed by atoms with van der Waals surface area (Å²) in [5.41, 5.74) is 1.08. The van der Waals surface area contributed by atoms with Crippen LogP contribution in [0, 0.1) is 0 Å². The average molecular weight is 331 g/mol. The third-order valence-electron chi connectivity index (χ3n) is 2.68. The number of hydrogen-bond acceptors (Lipinski definition) is 2. The summed E-state index contributed by atoms with van der Waals surface area (Å²) < 4.78 is 0. The van der Waals surface area contributed by atoms with Crippen molar-refractivity contribution < 1.29 is 9.90 Å². The second-order valence-corrected chi connectivity index (χ2v) is 5.37. The predicted molar refractivity (Wildman–Crippen MR) is 81.9 cm³/mol. The van der Waals surface area contributed by atoms with Gasteiger partial charge in [-0.15, -0.1) is 0 Å². The first-order valence-corrected chi connectivity index (χ1v) is 6.80. The number of aliphatic carboxylic acids is 1. The molecule has 1 atom stereocenters. The minimum atomic E-state index is -1.04. The van der Waals surface area contributed by atoms with Gasteiger partial charge in [0.25, 0.3) is 0 Å². The number of benzene rings is 2. The quantitative estimate of drug-likeness (QED) is 0.839. The minimum Gasteiger partial charge on any atom is -0.479 e. The van der Waals surface area contributed by atoms with Gasteiger partial charge >= 0.3 is 5.97 Å². The molecule has 6 heteroatoms. The van der Waals surface area contributed by atoms with Crippen LogP contribution in [0.25, 0.3) is 0 Å². The normalized spacial score (nSPS) is 11.9. The lowest BCUT2D eigenvalue weighted by Crippen LogP contribution is -2.20. The van der Waals surface area contributed by atoms with Crippen LogP contribution in [-0.2, 0) is 4.79 Å². The second kappa shape index (κ2) is 6.35. The maximum absolute atomic E-state index is 11.4. The maximum Gasteiger partial charge on any atom is 0.330 e. The number of hydrogen-bond donors (Lipinski definition) is 2. The van der Waals surface area contributed by atoms with Crippen LogP contribution in [-0.4, -0.2) is 11.1 Å². The molecule has 0 aliphatic carbocycles. The highest BCUT2D eigenvalue weighted by molar-refractivity contribution is 6.35. The van der Waals surface area contributed by atoms with E-state index < -0.39 is 12.0 Å². The first-order valence-electron chi connectivity index (χ1n) is 5.67. The molecule has 0 radical (unpaired) electrons. The zero-order chi connectivity index (χ0) is 14.7. The van der Waals surface area contributed by atoms with E-state index in [0.29, 0.717) is 26.3 Å². The average Bonchev–Trinajstić information content (AvgIpc) is 2.39. The van der Waals surface area contributed by atoms with Gasteiger partial charge < -0.3 is 10.4 Å². The molecule has 1 unspecified atom stereocenters. The predicted octanol–water partition coefficient (Wildman–Crippen LogP) is 4.88. The highest BCUT2D eigenvalue weighted by atomic mass is 35.5. The van der Waals surface area contributed by atoms with Crippen LogP contribution in [0.5, 0.6) is 0 Å². The molecule has 0 saturated heterocycles. The van der Waals surface area contributed by atoms with Crippen molar-refractivity contribution in [2.75, 3.05) is 5.32 Å². The van der Waals surface area contributed by atoms with Gasteiger partial charge in [-0.05, 0) is 36.4 Å². The van der Waals surface area contributed by atoms with Crippen molar-refractivity contribution in [2.45, 2.75) is 6.04 Å². The lowest BCUT2D eigenvalue weighted by molar-refractivity contribution is -0.138. The molecule has 0 saturated carbocycles. The van der Waals surface area contributed by atoms with Gasteiger partial charge in [-0.1, -0.05) is 40.9 Å². The van der Waals surface area contributed by atoms with Gasteiger partial charge in [-0.3, -0.25) is 0 Å². The van der Waals surface area contributed by atoms with E-state index in [0.717, 1.165) is 0 Å². The van der Waals surface area contributed by atoms with Crippen LogP contribution in [0.1, 0.15) is 11.6 Å². The summed E-state index contributed by atoms with van der Waals surface area (Å²) in [6, 6.07) is 10.5. The largest absolute Gasteiger partial charge is 0.479 e. The summed E-state index contributed by atoms with van der Waals surface area (Å²) >= 11 is 17.7. The fourth-order valence-corrected chi connectivity index (χ4v) is 2.36. The molecule has 2 aromatic rings. The van der Waals surface area contributed by atoms with E-state index >= 15 is 0 Å². The zero-order valence-electron chi connectivity index (χ0n) is 10.1. The van der Waals surface area contributed by atoms with E-state index in [9.17, 15) is 9.90 Å². The topological polar surface area (TPSA) is 49.3 Å². The van der Waals surface area contributed by atoms with Crippen molar-refractivity contribution in [2.24, 2.45) is 0 Å². The molecule has 0 aromatic heterocycles. The van der Waals surface area contributed by atoms with E-state index in [1.54, 1.807) is 36.4 Å². The van der Waals surface area contributed by atoms with Crippen LogP contribution in [0.4, 0.5) is 5.69 Å². The lowest BCUT2D eigenvalue weighted by atomic mass is 10.1. The monoisotopic (exact) mass is 329 g/mol. The first kappa shape index (κ1) is 15.0. The minimum absolute atomic E-state index is 0.298. The Balaban J connectivity index is 2.31. The molecule has 20 heavy (non-hydrogen) atoms. The molecule has 0 aliphatic heterocycles. The Morgan fingerprint density at radius 3 is 2.15 bits per heavy atom. The lowest BCUT2D eigenvalue weighted by Gasteiger charge is -2.17. The van der Waals surface area contributed by atoms with Crippen molar-refractivity contribution in [3.05, 3.63) is 63.1 Å². The van der Waals surface area contributed by atoms with Crippen molar-refractivity contribution in [3.63, 3.8) is 0 Å². The number of carboxylic acid groups (broad SMARTS) is 1. The molecule has 0 amide bonds. The molecule has 0 spiro atoms. The third kappa shape index (κ3) is 3.57. The third-order valence-corrected chi connectivity index (χ3v) is 3.49. The van der Waals surface area contributed by atoms with E-state index in [2.05, 4.69) is 5.32 Å². The highest BCUT2D eigenvalue weighted by Gasteiger charge is 2.22. The Morgan fingerprint density at radius 2 is 1.60 bits per heavy atom. The summed E-state index contributed by atoms with van der Waals surface area (Å²) in [5, 5.41) is 13.6. The summed E-state index contributed by atoms with van der Waals surface area (Å²) in [7, 11) is 0. The van der Waals surface area contributed by atoms with Gasteiger partial charge in [0.2, 0.25) is 0 Å². The van der Waals surface area contributed by atoms with Crippen molar-refractivity contribution in [1.29, 1.82) is 0 Å². The van der Waals surface area contributed by atoms with Crippen molar-refractivity contribution in [1.82, 2.24) is 0 Å². The molecule has 2 rings (SSSR count). The fourth-order valence-electron chi connectivity index (χ4n) is 1.72. The zero-order valence-corrected chi connectivity index (χ0v) is 12.4. The smallest absolute Gasteiger partial charge is 0.330 e. The van der Waals surface area contributed by atoms with Gasteiger partial charge in [0.1, 0.15) is 0 Å². The number of nitrogens with one attached hydrogen (secondary N) is 1. The molecule has 0 heterocycles. The summed E-state index contributed by atoms with van der Waals surface area (Å²) in [4.78, 5) is 11.4. The standard InChI is InChI=1S/C14H10Cl3NO2/c15-8-1-4-10(5-2-8)18-13(14(19)20)11-6-3-9(16)7-12(11)17/h1-7,13,18H,(H,19,20). The molecule has 0 fully saturated rings. The van der Waals surface area contributed by atoms with Gasteiger partial charge in [0, 0.05) is 26.3 Å². The Bertz CT molecular complexity index is 629. The highest BCUT2D eigenvalue weighted by Crippen LogP contribution is 2.29. The Kier molecular flexibility index (Phi) is 4.76. The van der Waals surface area contributed by atoms with Crippen molar-refractivity contribution in [3.8, 4) is 0 Å². The van der Waals surface area contributed by atoms with E-state index in [1.165, 1.54) is 6.07 Å². The van der Waals surface area contributed by atoms with E-state index in [4.69, 9.17) is 34.8 Å².